The maximum absolute atomic E-state index is 12.9. The zero-order valence-corrected chi connectivity index (χ0v) is 40.5. The van der Waals surface area contributed by atoms with Crippen molar-refractivity contribution < 1.29 is 42.9 Å². The van der Waals surface area contributed by atoms with Crippen LogP contribution in [-0.4, -0.2) is 87.8 Å². The molecule has 0 aromatic heterocycles. The van der Waals surface area contributed by atoms with Gasteiger partial charge in [0, 0.05) is 19.0 Å². The van der Waals surface area contributed by atoms with Crippen LogP contribution in [0.3, 0.4) is 0 Å². The fourth-order valence-corrected chi connectivity index (χ4v) is 7.10. The van der Waals surface area contributed by atoms with Gasteiger partial charge >= 0.3 is 18.3 Å². The molecule has 0 heterocycles. The summed E-state index contributed by atoms with van der Waals surface area (Å²) in [5, 5.41) is 2.74. The lowest BCUT2D eigenvalue weighted by Gasteiger charge is -2.19. The summed E-state index contributed by atoms with van der Waals surface area (Å²) in [6.07, 6.45) is 36.6. The van der Waals surface area contributed by atoms with Gasteiger partial charge in [-0.2, -0.15) is 0 Å². The number of carbonyl (C=O) groups is 4. The van der Waals surface area contributed by atoms with Crippen molar-refractivity contribution in [1.29, 1.82) is 0 Å². The molecule has 0 saturated heterocycles. The van der Waals surface area contributed by atoms with E-state index in [0.717, 1.165) is 96.7 Å². The Morgan fingerprint density at radius 1 is 0.516 bits per heavy atom. The molecule has 0 aromatic rings. The molecule has 0 aliphatic carbocycles. The summed E-state index contributed by atoms with van der Waals surface area (Å²) in [7, 11) is 0. The zero-order valence-electron chi connectivity index (χ0n) is 40.5. The first kappa shape index (κ1) is 58.9. The van der Waals surface area contributed by atoms with E-state index in [2.05, 4.69) is 69.1 Å². The molecule has 62 heavy (non-hydrogen) atoms. The molecular weight excluding hydrogens is 785 g/mol. The van der Waals surface area contributed by atoms with Crippen molar-refractivity contribution >= 4 is 24.2 Å². The number of unbranched alkanes of at least 4 members (excludes halogenated alkanes) is 19. The van der Waals surface area contributed by atoms with Gasteiger partial charge in [0.2, 0.25) is 5.91 Å². The molecule has 1 atom stereocenters. The van der Waals surface area contributed by atoms with E-state index in [9.17, 15) is 19.2 Å². The second-order valence-electron chi connectivity index (χ2n) is 16.9. The van der Waals surface area contributed by atoms with E-state index >= 15 is 0 Å². The Balaban J connectivity index is 4.81. The van der Waals surface area contributed by atoms with Crippen molar-refractivity contribution in [3.63, 3.8) is 0 Å². The van der Waals surface area contributed by atoms with Crippen LogP contribution in [0.15, 0.2) is 24.3 Å². The molecule has 0 rings (SSSR count). The third-order valence-corrected chi connectivity index (χ3v) is 11.1. The summed E-state index contributed by atoms with van der Waals surface area (Å²) in [6, 6.07) is 0. The highest BCUT2D eigenvalue weighted by Gasteiger charge is 2.21. The average Bonchev–Trinajstić information content (AvgIpc) is 3.26. The molecule has 0 radical (unpaired) electrons. The molecule has 11 nitrogen and oxygen atoms in total. The molecule has 0 spiro atoms. The quantitative estimate of drug-likeness (QED) is 0.0208. The van der Waals surface area contributed by atoms with Gasteiger partial charge in [0.05, 0.1) is 13.2 Å². The van der Waals surface area contributed by atoms with Gasteiger partial charge < -0.3 is 33.9 Å². The van der Waals surface area contributed by atoms with E-state index in [-0.39, 0.29) is 39.1 Å². The van der Waals surface area contributed by atoms with Crippen LogP contribution in [0.5, 0.6) is 0 Å². The molecule has 0 aliphatic rings. The molecule has 1 amide bonds. The van der Waals surface area contributed by atoms with Gasteiger partial charge in [-0.3, -0.25) is 9.59 Å². The largest absolute Gasteiger partial charge is 0.508 e. The minimum atomic E-state index is -0.828. The van der Waals surface area contributed by atoms with Crippen LogP contribution in [-0.2, 0) is 33.3 Å². The van der Waals surface area contributed by atoms with E-state index in [1.54, 1.807) is 0 Å². The number of nitrogens with zero attached hydrogens (tertiary/aromatic N) is 1. The first-order chi connectivity index (χ1) is 30.3. The van der Waals surface area contributed by atoms with E-state index in [1.807, 2.05) is 0 Å². The fourth-order valence-electron chi connectivity index (χ4n) is 7.10. The highest BCUT2D eigenvalue weighted by Crippen LogP contribution is 2.18. The second kappa shape index (κ2) is 45.9. The highest BCUT2D eigenvalue weighted by molar-refractivity contribution is 5.94. The maximum Gasteiger partial charge on any atom is 0.508 e. The number of allylic oxidation sites excluding steroid dienone is 4. The van der Waals surface area contributed by atoms with Crippen LogP contribution in [0, 0.1) is 5.92 Å². The molecule has 0 bridgehead atoms. The number of carbonyl (C=O) groups excluding carboxylic acids is 4. The summed E-state index contributed by atoms with van der Waals surface area (Å²) in [4.78, 5) is 52.9. The number of hydrogen-bond acceptors (Lipinski definition) is 10. The number of hydrogen-bond donors (Lipinski definition) is 1. The lowest BCUT2D eigenvalue weighted by atomic mass is 10.0. The standard InChI is InChI=1S/C51H94N2O9/c1-6-11-14-17-20-21-22-23-24-25-26-27-28-29-32-35-40-58-50(56)60-44-46(45-61-51(57)59-41-36-39-53(9-4)10-5)43-52-48(54)42-49(55)62-47(37-33-30-18-15-12-7-2)38-34-31-19-16-13-8-3/h20-21,23-24,46-47H,6-19,22,25-45H2,1-5H3,(H,52,54)/b21-20-,24-23-. The molecule has 0 aliphatic heterocycles. The number of nitrogens with one attached hydrogen (secondary N) is 1. The molecule has 0 fully saturated rings. The first-order valence-electron chi connectivity index (χ1n) is 25.4. The van der Waals surface area contributed by atoms with Crippen molar-refractivity contribution in [2.24, 2.45) is 5.92 Å². The molecule has 362 valence electrons. The van der Waals surface area contributed by atoms with Gasteiger partial charge in [0.15, 0.2) is 0 Å². The van der Waals surface area contributed by atoms with Crippen LogP contribution in [0.2, 0.25) is 0 Å². The zero-order chi connectivity index (χ0) is 45.6. The summed E-state index contributed by atoms with van der Waals surface area (Å²) in [6.45, 7) is 13.6. The Morgan fingerprint density at radius 2 is 0.968 bits per heavy atom. The van der Waals surface area contributed by atoms with Crippen molar-refractivity contribution in [3.05, 3.63) is 24.3 Å². The Morgan fingerprint density at radius 3 is 1.50 bits per heavy atom. The third-order valence-electron chi connectivity index (χ3n) is 11.1. The topological polar surface area (TPSA) is 130 Å². The number of rotatable bonds is 44. The predicted octanol–water partition coefficient (Wildman–Crippen LogP) is 13.4. The lowest BCUT2D eigenvalue weighted by Crippen LogP contribution is -2.36. The normalized spacial score (nSPS) is 12.0. The van der Waals surface area contributed by atoms with E-state index in [1.165, 1.54) is 89.9 Å². The predicted molar refractivity (Wildman–Crippen MR) is 253 cm³/mol. The SMILES string of the molecule is CCCCC/C=C\C/C=C\CCCCCCCCOC(=O)OCC(CNC(=O)CC(=O)OC(CCCCCCCC)CCCCCCCC)COC(=O)OCCCN(CC)CC. The van der Waals surface area contributed by atoms with Crippen molar-refractivity contribution in [1.82, 2.24) is 10.2 Å². The summed E-state index contributed by atoms with van der Waals surface area (Å²) < 4.78 is 27.1. The summed E-state index contributed by atoms with van der Waals surface area (Å²) in [5.41, 5.74) is 0. The van der Waals surface area contributed by atoms with Crippen LogP contribution in [0.25, 0.3) is 0 Å². The maximum atomic E-state index is 12.9. The van der Waals surface area contributed by atoms with Gasteiger partial charge in [-0.15, -0.1) is 0 Å². The average molecular weight is 879 g/mol. The molecule has 0 aromatic carbocycles. The number of ether oxygens (including phenoxy) is 5. The Bertz CT molecular complexity index is 1090. The Kier molecular flexibility index (Phi) is 43.6. The monoisotopic (exact) mass is 879 g/mol. The molecule has 1 unspecified atom stereocenters. The molecular formula is C51H94N2O9. The molecule has 0 saturated carbocycles. The minimum absolute atomic E-state index is 0.0134. The Hall–Kier alpha value is -3.08. The summed E-state index contributed by atoms with van der Waals surface area (Å²) >= 11 is 0. The van der Waals surface area contributed by atoms with E-state index < -0.39 is 36.5 Å². The number of amides is 1. The van der Waals surface area contributed by atoms with Crippen molar-refractivity contribution in [2.75, 3.05) is 52.6 Å². The molecule has 11 heteroatoms. The fraction of sp³-hybridized carbons (Fsp3) is 0.843. The van der Waals surface area contributed by atoms with Crippen molar-refractivity contribution in [3.8, 4) is 0 Å². The van der Waals surface area contributed by atoms with Gasteiger partial charge in [-0.1, -0.05) is 162 Å². The number of esters is 1. The van der Waals surface area contributed by atoms with Crippen LogP contribution in [0.1, 0.15) is 214 Å². The smallest absolute Gasteiger partial charge is 0.462 e. The highest BCUT2D eigenvalue weighted by atomic mass is 16.7. The Labute approximate surface area is 379 Å². The minimum Gasteiger partial charge on any atom is -0.462 e. The molecule has 1 N–H and O–H groups in total. The van der Waals surface area contributed by atoms with Gasteiger partial charge in [0.1, 0.15) is 25.7 Å². The van der Waals surface area contributed by atoms with Crippen molar-refractivity contribution in [2.45, 2.75) is 221 Å². The van der Waals surface area contributed by atoms with Gasteiger partial charge in [-0.05, 0) is 83.7 Å². The van der Waals surface area contributed by atoms with Gasteiger partial charge in [-0.25, -0.2) is 9.59 Å². The lowest BCUT2D eigenvalue weighted by molar-refractivity contribution is -0.152. The third kappa shape index (κ3) is 41.0. The van der Waals surface area contributed by atoms with Crippen LogP contribution < -0.4 is 5.32 Å². The van der Waals surface area contributed by atoms with Crippen LogP contribution in [0.4, 0.5) is 9.59 Å². The van der Waals surface area contributed by atoms with Gasteiger partial charge in [0.25, 0.3) is 0 Å². The second-order valence-corrected chi connectivity index (χ2v) is 16.9. The first-order valence-corrected chi connectivity index (χ1v) is 25.4. The van der Waals surface area contributed by atoms with E-state index in [4.69, 9.17) is 23.7 Å². The van der Waals surface area contributed by atoms with Crippen LogP contribution >= 0.6 is 0 Å². The van der Waals surface area contributed by atoms with E-state index in [0.29, 0.717) is 6.42 Å². The summed E-state index contributed by atoms with van der Waals surface area (Å²) in [5.74, 6) is -1.63.